The van der Waals surface area contributed by atoms with E-state index in [2.05, 4.69) is 41.1 Å². The first-order valence-corrected chi connectivity index (χ1v) is 7.18. The summed E-state index contributed by atoms with van der Waals surface area (Å²) in [5, 5.41) is 0. The third-order valence-corrected chi connectivity index (χ3v) is 3.48. The third-order valence-electron chi connectivity index (χ3n) is 2.98. The SMILES string of the molecule is Cc1cc(Br)ccc1OCCCc1ccc(N)cc1. The van der Waals surface area contributed by atoms with Crippen LogP contribution >= 0.6 is 15.9 Å². The van der Waals surface area contributed by atoms with Gasteiger partial charge in [0, 0.05) is 10.2 Å². The molecule has 19 heavy (non-hydrogen) atoms. The monoisotopic (exact) mass is 319 g/mol. The Morgan fingerprint density at radius 1 is 1.11 bits per heavy atom. The molecule has 0 aliphatic heterocycles. The third kappa shape index (κ3) is 4.28. The number of anilines is 1. The lowest BCUT2D eigenvalue weighted by Crippen LogP contribution is -2.00. The summed E-state index contributed by atoms with van der Waals surface area (Å²) < 4.78 is 6.87. The Morgan fingerprint density at radius 3 is 2.53 bits per heavy atom. The molecule has 0 aromatic heterocycles. The largest absolute Gasteiger partial charge is 0.493 e. The molecule has 0 radical (unpaired) electrons. The molecule has 0 unspecified atom stereocenters. The highest BCUT2D eigenvalue weighted by atomic mass is 79.9. The molecule has 0 fully saturated rings. The quantitative estimate of drug-likeness (QED) is 0.656. The summed E-state index contributed by atoms with van der Waals surface area (Å²) in [5.74, 6) is 0.959. The predicted molar refractivity (Wildman–Crippen MR) is 83.5 cm³/mol. The van der Waals surface area contributed by atoms with Gasteiger partial charge in [-0.3, -0.25) is 0 Å². The minimum absolute atomic E-state index is 0.729. The molecule has 0 spiro atoms. The number of hydrogen-bond donors (Lipinski definition) is 1. The van der Waals surface area contributed by atoms with Crippen molar-refractivity contribution >= 4 is 21.6 Å². The average molecular weight is 320 g/mol. The van der Waals surface area contributed by atoms with Crippen molar-refractivity contribution in [2.75, 3.05) is 12.3 Å². The summed E-state index contributed by atoms with van der Waals surface area (Å²) in [4.78, 5) is 0. The normalized spacial score (nSPS) is 10.4. The highest BCUT2D eigenvalue weighted by Gasteiger charge is 2.00. The Kier molecular flexibility index (Phi) is 4.86. The van der Waals surface area contributed by atoms with Crippen LogP contribution in [-0.4, -0.2) is 6.61 Å². The number of aryl methyl sites for hydroxylation is 2. The van der Waals surface area contributed by atoms with E-state index in [9.17, 15) is 0 Å². The first kappa shape index (κ1) is 13.9. The zero-order valence-electron chi connectivity index (χ0n) is 11.0. The van der Waals surface area contributed by atoms with Gasteiger partial charge in [0.1, 0.15) is 5.75 Å². The fraction of sp³-hybridized carbons (Fsp3) is 0.250. The van der Waals surface area contributed by atoms with Gasteiger partial charge in [0.05, 0.1) is 6.61 Å². The van der Waals surface area contributed by atoms with Crippen molar-refractivity contribution in [2.24, 2.45) is 0 Å². The van der Waals surface area contributed by atoms with E-state index in [1.54, 1.807) is 0 Å². The molecule has 3 heteroatoms. The van der Waals surface area contributed by atoms with Crippen LogP contribution in [0, 0.1) is 6.92 Å². The summed E-state index contributed by atoms with van der Waals surface area (Å²) in [5.41, 5.74) is 8.92. The fourth-order valence-corrected chi connectivity index (χ4v) is 2.39. The number of halogens is 1. The second-order valence-corrected chi connectivity index (χ2v) is 5.52. The zero-order chi connectivity index (χ0) is 13.7. The number of nitrogen functional groups attached to an aromatic ring is 1. The molecular weight excluding hydrogens is 302 g/mol. The molecule has 2 rings (SSSR count). The van der Waals surface area contributed by atoms with Crippen LogP contribution in [-0.2, 0) is 6.42 Å². The first-order chi connectivity index (χ1) is 9.15. The molecule has 2 aromatic carbocycles. The van der Waals surface area contributed by atoms with Crippen molar-refractivity contribution in [1.82, 2.24) is 0 Å². The van der Waals surface area contributed by atoms with Gasteiger partial charge in [0.25, 0.3) is 0 Å². The van der Waals surface area contributed by atoms with Crippen LogP contribution in [0.2, 0.25) is 0 Å². The van der Waals surface area contributed by atoms with E-state index < -0.39 is 0 Å². The maximum absolute atomic E-state index is 5.79. The highest BCUT2D eigenvalue weighted by molar-refractivity contribution is 9.10. The van der Waals surface area contributed by atoms with Gasteiger partial charge in [0.2, 0.25) is 0 Å². The predicted octanol–water partition coefficient (Wildman–Crippen LogP) is 4.35. The Morgan fingerprint density at radius 2 is 1.84 bits per heavy atom. The molecule has 0 heterocycles. The van der Waals surface area contributed by atoms with E-state index in [0.29, 0.717) is 0 Å². The lowest BCUT2D eigenvalue weighted by atomic mass is 10.1. The van der Waals surface area contributed by atoms with Gasteiger partial charge in [-0.15, -0.1) is 0 Å². The van der Waals surface area contributed by atoms with Crippen LogP contribution in [0.25, 0.3) is 0 Å². The molecule has 0 saturated carbocycles. The average Bonchev–Trinajstić information content (AvgIpc) is 2.39. The van der Waals surface area contributed by atoms with E-state index >= 15 is 0 Å². The lowest BCUT2D eigenvalue weighted by Gasteiger charge is -2.09. The summed E-state index contributed by atoms with van der Waals surface area (Å²) in [6, 6.07) is 14.1. The van der Waals surface area contributed by atoms with Gasteiger partial charge < -0.3 is 10.5 Å². The number of ether oxygens (including phenoxy) is 1. The standard InChI is InChI=1S/C16H18BrNO/c1-12-11-14(17)6-9-16(12)19-10-2-3-13-4-7-15(18)8-5-13/h4-9,11H,2-3,10,18H2,1H3. The van der Waals surface area contributed by atoms with Gasteiger partial charge >= 0.3 is 0 Å². The van der Waals surface area contributed by atoms with Crippen LogP contribution in [0.5, 0.6) is 5.75 Å². The molecule has 0 atom stereocenters. The topological polar surface area (TPSA) is 35.2 Å². The van der Waals surface area contributed by atoms with Crippen molar-refractivity contribution in [2.45, 2.75) is 19.8 Å². The van der Waals surface area contributed by atoms with Gasteiger partial charge in [-0.1, -0.05) is 28.1 Å². The molecule has 0 bridgehead atoms. The van der Waals surface area contributed by atoms with Gasteiger partial charge in [-0.2, -0.15) is 0 Å². The molecule has 0 aliphatic carbocycles. The van der Waals surface area contributed by atoms with Crippen LogP contribution in [0.3, 0.4) is 0 Å². The minimum atomic E-state index is 0.729. The van der Waals surface area contributed by atoms with Gasteiger partial charge in [-0.05, 0) is 61.2 Å². The second kappa shape index (κ2) is 6.62. The Balaban J connectivity index is 1.79. The Hall–Kier alpha value is -1.48. The van der Waals surface area contributed by atoms with Crippen molar-refractivity contribution < 1.29 is 4.74 Å². The molecule has 100 valence electrons. The molecule has 2 nitrogen and oxygen atoms in total. The van der Waals surface area contributed by atoms with Crippen LogP contribution in [0.15, 0.2) is 46.9 Å². The van der Waals surface area contributed by atoms with Crippen molar-refractivity contribution in [3.05, 3.63) is 58.1 Å². The molecule has 2 N–H and O–H groups in total. The van der Waals surface area contributed by atoms with Crippen molar-refractivity contribution in [1.29, 1.82) is 0 Å². The van der Waals surface area contributed by atoms with E-state index in [0.717, 1.165) is 40.9 Å². The number of rotatable bonds is 5. The maximum atomic E-state index is 5.79. The Bertz CT molecular complexity index is 537. The fourth-order valence-electron chi connectivity index (χ4n) is 1.92. The highest BCUT2D eigenvalue weighted by Crippen LogP contribution is 2.22. The molecular formula is C16H18BrNO. The first-order valence-electron chi connectivity index (χ1n) is 6.38. The summed E-state index contributed by atoms with van der Waals surface area (Å²) >= 11 is 3.45. The number of hydrogen-bond acceptors (Lipinski definition) is 2. The van der Waals surface area contributed by atoms with Crippen LogP contribution in [0.4, 0.5) is 5.69 Å². The smallest absolute Gasteiger partial charge is 0.122 e. The zero-order valence-corrected chi connectivity index (χ0v) is 12.6. The maximum Gasteiger partial charge on any atom is 0.122 e. The van der Waals surface area contributed by atoms with E-state index in [1.807, 2.05) is 24.3 Å². The Labute approximate surface area is 122 Å². The summed E-state index contributed by atoms with van der Waals surface area (Å²) in [6.07, 6.45) is 2.01. The number of nitrogens with two attached hydrogens (primary N) is 1. The molecule has 2 aromatic rings. The lowest BCUT2D eigenvalue weighted by molar-refractivity contribution is 0.309. The van der Waals surface area contributed by atoms with Crippen LogP contribution < -0.4 is 10.5 Å². The molecule has 0 saturated heterocycles. The van der Waals surface area contributed by atoms with E-state index in [1.165, 1.54) is 5.56 Å². The van der Waals surface area contributed by atoms with Crippen molar-refractivity contribution in [3.8, 4) is 5.75 Å². The van der Waals surface area contributed by atoms with Crippen LogP contribution in [0.1, 0.15) is 17.5 Å². The van der Waals surface area contributed by atoms with E-state index in [4.69, 9.17) is 10.5 Å². The molecule has 0 aliphatic rings. The molecule has 0 amide bonds. The second-order valence-electron chi connectivity index (χ2n) is 4.60. The van der Waals surface area contributed by atoms with Gasteiger partial charge in [-0.25, -0.2) is 0 Å². The summed E-state index contributed by atoms with van der Waals surface area (Å²) in [7, 11) is 0. The van der Waals surface area contributed by atoms with E-state index in [-0.39, 0.29) is 0 Å². The summed E-state index contributed by atoms with van der Waals surface area (Å²) in [6.45, 7) is 2.78. The van der Waals surface area contributed by atoms with Crippen molar-refractivity contribution in [3.63, 3.8) is 0 Å². The number of benzene rings is 2. The minimum Gasteiger partial charge on any atom is -0.493 e. The van der Waals surface area contributed by atoms with Gasteiger partial charge in [0.15, 0.2) is 0 Å².